The number of aliphatic hydroxyl groups is 1. The zero-order valence-electron chi connectivity index (χ0n) is 22.7. The molecule has 2 heterocycles. The molecule has 3 fully saturated rings. The number of carbonyl (C=O) groups excluding carboxylic acids is 1. The number of nitrogens with one attached hydrogen (secondary N) is 1. The van der Waals surface area contributed by atoms with Crippen molar-refractivity contribution in [2.75, 3.05) is 13.2 Å². The van der Waals surface area contributed by atoms with E-state index in [2.05, 4.69) is 48.0 Å². The van der Waals surface area contributed by atoms with Gasteiger partial charge in [0.2, 0.25) is 0 Å². The standard InChI is InChI=1S/C31H44N2O3/c1-21-27(29(34)32-26-10-14-36-15-11-26)19-28(33(21)20-22-8-6-5-7-9-22)23-16-24(30(2,3)35)18-25(17-23)31(4)12-13-31/h16-19,22,26,35H,5-15,20H2,1-4H3,(H,32,34). The molecule has 1 aromatic carbocycles. The summed E-state index contributed by atoms with van der Waals surface area (Å²) in [5, 5.41) is 14.2. The second kappa shape index (κ2) is 9.98. The number of rotatable bonds is 7. The first-order valence-corrected chi connectivity index (χ1v) is 14.1. The molecule has 1 aromatic heterocycles. The zero-order chi connectivity index (χ0) is 25.5. The highest BCUT2D eigenvalue weighted by Crippen LogP contribution is 2.49. The van der Waals surface area contributed by atoms with Gasteiger partial charge in [0.15, 0.2) is 0 Å². The van der Waals surface area contributed by atoms with Crippen LogP contribution >= 0.6 is 0 Å². The van der Waals surface area contributed by atoms with E-state index in [4.69, 9.17) is 4.74 Å². The lowest BCUT2D eigenvalue weighted by molar-refractivity contribution is 0.0695. The van der Waals surface area contributed by atoms with Crippen LogP contribution in [0, 0.1) is 12.8 Å². The highest BCUT2D eigenvalue weighted by Gasteiger charge is 2.40. The summed E-state index contributed by atoms with van der Waals surface area (Å²) in [6.45, 7) is 10.5. The smallest absolute Gasteiger partial charge is 0.253 e. The number of amides is 1. The summed E-state index contributed by atoms with van der Waals surface area (Å²) >= 11 is 0. The Morgan fingerprint density at radius 3 is 2.42 bits per heavy atom. The third kappa shape index (κ3) is 5.43. The van der Waals surface area contributed by atoms with Crippen LogP contribution in [0.1, 0.15) is 106 Å². The maximum atomic E-state index is 13.5. The van der Waals surface area contributed by atoms with Gasteiger partial charge < -0.3 is 19.7 Å². The van der Waals surface area contributed by atoms with Crippen molar-refractivity contribution in [2.45, 2.75) is 109 Å². The molecule has 2 aliphatic carbocycles. The third-order valence-corrected chi connectivity index (χ3v) is 8.97. The molecule has 2 N–H and O–H groups in total. The number of ether oxygens (including phenoxy) is 1. The molecule has 5 rings (SSSR count). The fourth-order valence-corrected chi connectivity index (χ4v) is 6.04. The van der Waals surface area contributed by atoms with E-state index in [0.717, 1.165) is 47.5 Å². The van der Waals surface area contributed by atoms with Gasteiger partial charge in [-0.1, -0.05) is 32.3 Å². The Hall–Kier alpha value is -2.11. The van der Waals surface area contributed by atoms with Crippen molar-refractivity contribution in [3.63, 3.8) is 0 Å². The molecule has 0 bridgehead atoms. The number of benzene rings is 1. The van der Waals surface area contributed by atoms with Crippen LogP contribution in [0.2, 0.25) is 0 Å². The van der Waals surface area contributed by atoms with E-state index >= 15 is 0 Å². The summed E-state index contributed by atoms with van der Waals surface area (Å²) < 4.78 is 7.88. The minimum Gasteiger partial charge on any atom is -0.386 e. The molecule has 0 spiro atoms. The molecule has 0 radical (unpaired) electrons. The highest BCUT2D eigenvalue weighted by molar-refractivity contribution is 5.97. The average molecular weight is 493 g/mol. The Morgan fingerprint density at radius 2 is 1.78 bits per heavy atom. The summed E-state index contributed by atoms with van der Waals surface area (Å²) in [4.78, 5) is 13.5. The van der Waals surface area contributed by atoms with Crippen LogP contribution in [-0.4, -0.2) is 34.8 Å². The van der Waals surface area contributed by atoms with E-state index in [9.17, 15) is 9.90 Å². The molecule has 1 amide bonds. The van der Waals surface area contributed by atoms with Crippen molar-refractivity contribution >= 4 is 5.91 Å². The highest BCUT2D eigenvalue weighted by atomic mass is 16.5. The number of hydrogen-bond acceptors (Lipinski definition) is 3. The van der Waals surface area contributed by atoms with Gasteiger partial charge in [0.25, 0.3) is 5.91 Å². The Morgan fingerprint density at radius 1 is 1.08 bits per heavy atom. The lowest BCUT2D eigenvalue weighted by Crippen LogP contribution is -2.39. The monoisotopic (exact) mass is 492 g/mol. The lowest BCUT2D eigenvalue weighted by Gasteiger charge is -2.26. The maximum Gasteiger partial charge on any atom is 0.253 e. The molecule has 2 saturated carbocycles. The van der Waals surface area contributed by atoms with Gasteiger partial charge >= 0.3 is 0 Å². The molecular formula is C31H44N2O3. The van der Waals surface area contributed by atoms with Crippen LogP contribution in [-0.2, 0) is 22.3 Å². The fourth-order valence-electron chi connectivity index (χ4n) is 6.04. The van der Waals surface area contributed by atoms with Crippen molar-refractivity contribution in [3.8, 4) is 11.3 Å². The van der Waals surface area contributed by atoms with Gasteiger partial charge in [0.05, 0.1) is 11.2 Å². The molecule has 196 valence electrons. The van der Waals surface area contributed by atoms with E-state index in [0.29, 0.717) is 19.1 Å². The SMILES string of the molecule is Cc1c(C(=O)NC2CCOCC2)cc(-c2cc(C(C)(C)O)cc(C3(C)CC3)c2)n1CC1CCCCC1. The van der Waals surface area contributed by atoms with Crippen molar-refractivity contribution in [2.24, 2.45) is 5.92 Å². The molecule has 1 aliphatic heterocycles. The largest absolute Gasteiger partial charge is 0.386 e. The Kier molecular flexibility index (Phi) is 7.08. The molecule has 36 heavy (non-hydrogen) atoms. The third-order valence-electron chi connectivity index (χ3n) is 8.97. The maximum absolute atomic E-state index is 13.5. The lowest BCUT2D eigenvalue weighted by atomic mass is 9.87. The molecule has 5 nitrogen and oxygen atoms in total. The predicted octanol–water partition coefficient (Wildman–Crippen LogP) is 6.23. The normalized spacial score (nSPS) is 20.9. The van der Waals surface area contributed by atoms with E-state index in [-0.39, 0.29) is 17.4 Å². The van der Waals surface area contributed by atoms with Gasteiger partial charge in [-0.25, -0.2) is 0 Å². The first-order valence-electron chi connectivity index (χ1n) is 14.1. The number of nitrogens with zero attached hydrogens (tertiary/aromatic N) is 1. The van der Waals surface area contributed by atoms with Crippen LogP contribution in [0.25, 0.3) is 11.3 Å². The predicted molar refractivity (Wildman–Crippen MR) is 144 cm³/mol. The van der Waals surface area contributed by atoms with Crippen molar-refractivity contribution in [3.05, 3.63) is 46.6 Å². The summed E-state index contributed by atoms with van der Waals surface area (Å²) in [5.74, 6) is 0.670. The summed E-state index contributed by atoms with van der Waals surface area (Å²) in [7, 11) is 0. The molecule has 1 saturated heterocycles. The van der Waals surface area contributed by atoms with Gasteiger partial charge in [0, 0.05) is 37.2 Å². The average Bonchev–Trinajstić information content (AvgIpc) is 3.54. The van der Waals surface area contributed by atoms with E-state index in [1.165, 1.54) is 50.5 Å². The molecule has 3 aliphatic rings. The molecule has 0 unspecified atom stereocenters. The minimum absolute atomic E-state index is 0.0241. The summed E-state index contributed by atoms with van der Waals surface area (Å²) in [6.07, 6.45) is 10.6. The van der Waals surface area contributed by atoms with Gasteiger partial charge in [0.1, 0.15) is 0 Å². The number of hydrogen-bond donors (Lipinski definition) is 2. The zero-order valence-corrected chi connectivity index (χ0v) is 22.7. The second-order valence-electron chi connectivity index (χ2n) is 12.4. The molecule has 0 atom stereocenters. The summed E-state index contributed by atoms with van der Waals surface area (Å²) in [5.41, 5.74) is 5.55. The van der Waals surface area contributed by atoms with Crippen molar-refractivity contribution < 1.29 is 14.6 Å². The minimum atomic E-state index is -0.922. The molecule has 2 aromatic rings. The Balaban J connectivity index is 1.56. The van der Waals surface area contributed by atoms with E-state index < -0.39 is 5.60 Å². The summed E-state index contributed by atoms with van der Waals surface area (Å²) in [6, 6.07) is 8.93. The van der Waals surface area contributed by atoms with Gasteiger partial charge in [-0.15, -0.1) is 0 Å². The van der Waals surface area contributed by atoms with Crippen molar-refractivity contribution in [1.82, 2.24) is 9.88 Å². The van der Waals surface area contributed by atoms with Crippen LogP contribution in [0.4, 0.5) is 0 Å². The molecular weight excluding hydrogens is 448 g/mol. The van der Waals surface area contributed by atoms with Crippen LogP contribution in [0.5, 0.6) is 0 Å². The van der Waals surface area contributed by atoms with Gasteiger partial charge in [-0.2, -0.15) is 0 Å². The van der Waals surface area contributed by atoms with Gasteiger partial charge in [-0.3, -0.25) is 4.79 Å². The Labute approximate surface area is 216 Å². The second-order valence-corrected chi connectivity index (χ2v) is 12.4. The fraction of sp³-hybridized carbons (Fsp3) is 0.645. The topological polar surface area (TPSA) is 63.5 Å². The number of aromatic nitrogens is 1. The first-order chi connectivity index (χ1) is 17.1. The quantitative estimate of drug-likeness (QED) is 0.481. The van der Waals surface area contributed by atoms with Crippen LogP contribution in [0.15, 0.2) is 24.3 Å². The van der Waals surface area contributed by atoms with Gasteiger partial charge in [-0.05, 0) is 106 Å². The van der Waals surface area contributed by atoms with Crippen LogP contribution in [0.3, 0.4) is 0 Å². The number of carbonyl (C=O) groups is 1. The van der Waals surface area contributed by atoms with Crippen LogP contribution < -0.4 is 5.32 Å². The van der Waals surface area contributed by atoms with Crippen molar-refractivity contribution in [1.29, 1.82) is 0 Å². The Bertz CT molecular complexity index is 1070. The first kappa shape index (κ1) is 25.5. The van der Waals surface area contributed by atoms with E-state index in [1.54, 1.807) is 0 Å². The molecule has 5 heteroatoms. The van der Waals surface area contributed by atoms with E-state index in [1.807, 2.05) is 13.8 Å².